The van der Waals surface area contributed by atoms with Gasteiger partial charge in [0.05, 0.1) is 11.4 Å². The predicted octanol–water partition coefficient (Wildman–Crippen LogP) is 2.82. The SMILES string of the molecule is CC(=O)N1CCC(=O)N(CCC(C)C)c2ccccc21. The number of benzene rings is 1. The summed E-state index contributed by atoms with van der Waals surface area (Å²) >= 11 is 0. The van der Waals surface area contributed by atoms with Crippen LogP contribution < -0.4 is 9.80 Å². The highest BCUT2D eigenvalue weighted by Crippen LogP contribution is 2.33. The summed E-state index contributed by atoms with van der Waals surface area (Å²) in [6.07, 6.45) is 1.34. The molecule has 2 amide bonds. The maximum Gasteiger partial charge on any atom is 0.228 e. The van der Waals surface area contributed by atoms with E-state index in [1.165, 1.54) is 0 Å². The summed E-state index contributed by atoms with van der Waals surface area (Å²) in [5.41, 5.74) is 1.69. The molecule has 108 valence electrons. The average Bonchev–Trinajstić information content (AvgIpc) is 2.53. The van der Waals surface area contributed by atoms with Gasteiger partial charge in [-0.1, -0.05) is 26.0 Å². The van der Waals surface area contributed by atoms with E-state index in [2.05, 4.69) is 13.8 Å². The summed E-state index contributed by atoms with van der Waals surface area (Å²) in [5, 5.41) is 0. The standard InChI is InChI=1S/C16H22N2O2/c1-12(2)8-10-18-15-7-5-4-6-14(15)17(13(3)19)11-9-16(18)20/h4-7,12H,8-11H2,1-3H3. The molecule has 1 aromatic carbocycles. The van der Waals surface area contributed by atoms with Crippen molar-refractivity contribution in [1.82, 2.24) is 0 Å². The van der Waals surface area contributed by atoms with Crippen LogP contribution >= 0.6 is 0 Å². The number of fused-ring (bicyclic) bond motifs is 1. The molecule has 0 aromatic heterocycles. The van der Waals surface area contributed by atoms with Gasteiger partial charge in [-0.15, -0.1) is 0 Å². The fourth-order valence-corrected chi connectivity index (χ4v) is 2.48. The fraction of sp³-hybridized carbons (Fsp3) is 0.500. The Morgan fingerprint density at radius 3 is 2.50 bits per heavy atom. The van der Waals surface area contributed by atoms with Crippen molar-refractivity contribution in [2.24, 2.45) is 5.92 Å². The minimum atomic E-state index is -0.0176. The van der Waals surface area contributed by atoms with Gasteiger partial charge in [0.25, 0.3) is 0 Å². The molecule has 20 heavy (non-hydrogen) atoms. The molecule has 0 aliphatic carbocycles. The Hall–Kier alpha value is -1.84. The normalized spacial score (nSPS) is 15.3. The van der Waals surface area contributed by atoms with Crippen LogP contribution in [-0.4, -0.2) is 24.9 Å². The van der Waals surface area contributed by atoms with Gasteiger partial charge in [-0.05, 0) is 24.5 Å². The number of carbonyl (C=O) groups excluding carboxylic acids is 2. The van der Waals surface area contributed by atoms with Crippen molar-refractivity contribution in [3.63, 3.8) is 0 Å². The molecule has 4 heteroatoms. The topological polar surface area (TPSA) is 40.6 Å². The third-order valence-electron chi connectivity index (χ3n) is 3.62. The Balaban J connectivity index is 2.38. The Morgan fingerprint density at radius 1 is 1.25 bits per heavy atom. The van der Waals surface area contributed by atoms with E-state index in [0.717, 1.165) is 17.8 Å². The molecular formula is C16H22N2O2. The van der Waals surface area contributed by atoms with Crippen molar-refractivity contribution in [2.45, 2.75) is 33.6 Å². The van der Waals surface area contributed by atoms with E-state index < -0.39 is 0 Å². The van der Waals surface area contributed by atoms with Gasteiger partial charge in [0.1, 0.15) is 0 Å². The maximum atomic E-state index is 12.3. The number of para-hydroxylation sites is 2. The quantitative estimate of drug-likeness (QED) is 0.850. The third-order valence-corrected chi connectivity index (χ3v) is 3.62. The second-order valence-electron chi connectivity index (χ2n) is 5.64. The Bertz CT molecular complexity index is 511. The van der Waals surface area contributed by atoms with Crippen LogP contribution in [0, 0.1) is 5.92 Å². The van der Waals surface area contributed by atoms with Crippen molar-refractivity contribution in [2.75, 3.05) is 22.9 Å². The number of amides is 2. The Kier molecular flexibility index (Phi) is 4.42. The van der Waals surface area contributed by atoms with Crippen molar-refractivity contribution in [3.8, 4) is 0 Å². The van der Waals surface area contributed by atoms with Crippen LogP contribution in [0.5, 0.6) is 0 Å². The van der Waals surface area contributed by atoms with Gasteiger partial charge in [-0.2, -0.15) is 0 Å². The van der Waals surface area contributed by atoms with Crippen LogP contribution in [0.3, 0.4) is 0 Å². The highest BCUT2D eigenvalue weighted by molar-refractivity contribution is 6.04. The van der Waals surface area contributed by atoms with Crippen molar-refractivity contribution >= 4 is 23.2 Å². The van der Waals surface area contributed by atoms with Gasteiger partial charge in [0, 0.05) is 26.4 Å². The van der Waals surface area contributed by atoms with E-state index in [4.69, 9.17) is 0 Å². The van der Waals surface area contributed by atoms with Gasteiger partial charge in [-0.25, -0.2) is 0 Å². The number of hydrogen-bond acceptors (Lipinski definition) is 2. The molecule has 0 atom stereocenters. The van der Waals surface area contributed by atoms with Crippen molar-refractivity contribution in [1.29, 1.82) is 0 Å². The Labute approximate surface area is 120 Å². The van der Waals surface area contributed by atoms with E-state index in [-0.39, 0.29) is 11.8 Å². The molecule has 1 aromatic rings. The van der Waals surface area contributed by atoms with Crippen LogP contribution in [0.4, 0.5) is 11.4 Å². The van der Waals surface area contributed by atoms with E-state index in [0.29, 0.717) is 25.4 Å². The van der Waals surface area contributed by atoms with Crippen LogP contribution in [0.15, 0.2) is 24.3 Å². The van der Waals surface area contributed by atoms with E-state index in [1.54, 1.807) is 11.8 Å². The molecule has 0 spiro atoms. The van der Waals surface area contributed by atoms with Gasteiger partial charge in [0.15, 0.2) is 0 Å². The zero-order chi connectivity index (χ0) is 14.7. The first-order valence-electron chi connectivity index (χ1n) is 7.18. The van der Waals surface area contributed by atoms with E-state index >= 15 is 0 Å². The summed E-state index contributed by atoms with van der Waals surface area (Å²) in [4.78, 5) is 27.7. The first-order valence-corrected chi connectivity index (χ1v) is 7.18. The van der Waals surface area contributed by atoms with E-state index in [1.807, 2.05) is 29.2 Å². The molecule has 1 aliphatic heterocycles. The van der Waals surface area contributed by atoms with Gasteiger partial charge in [0.2, 0.25) is 11.8 Å². The van der Waals surface area contributed by atoms with Crippen molar-refractivity contribution in [3.05, 3.63) is 24.3 Å². The minimum absolute atomic E-state index is 0.0176. The lowest BCUT2D eigenvalue weighted by molar-refractivity contribution is -0.118. The summed E-state index contributed by atoms with van der Waals surface area (Å²) < 4.78 is 0. The molecule has 0 radical (unpaired) electrons. The molecule has 0 saturated heterocycles. The smallest absolute Gasteiger partial charge is 0.228 e. The first-order chi connectivity index (χ1) is 9.50. The second kappa shape index (κ2) is 6.07. The molecule has 0 bridgehead atoms. The molecule has 0 N–H and O–H groups in total. The van der Waals surface area contributed by atoms with Gasteiger partial charge >= 0.3 is 0 Å². The molecule has 0 unspecified atom stereocenters. The average molecular weight is 274 g/mol. The number of anilines is 2. The minimum Gasteiger partial charge on any atom is -0.310 e. The van der Waals surface area contributed by atoms with Gasteiger partial charge in [-0.3, -0.25) is 9.59 Å². The highest BCUT2D eigenvalue weighted by atomic mass is 16.2. The number of hydrogen-bond donors (Lipinski definition) is 0. The van der Waals surface area contributed by atoms with E-state index in [9.17, 15) is 9.59 Å². The maximum absolute atomic E-state index is 12.3. The molecule has 4 nitrogen and oxygen atoms in total. The van der Waals surface area contributed by atoms with Crippen LogP contribution in [0.2, 0.25) is 0 Å². The zero-order valence-electron chi connectivity index (χ0n) is 12.4. The molecule has 2 rings (SSSR count). The molecule has 1 heterocycles. The first kappa shape index (κ1) is 14.6. The van der Waals surface area contributed by atoms with Crippen LogP contribution in [0.25, 0.3) is 0 Å². The highest BCUT2D eigenvalue weighted by Gasteiger charge is 2.27. The largest absolute Gasteiger partial charge is 0.310 e. The lowest BCUT2D eigenvalue weighted by Gasteiger charge is -2.25. The predicted molar refractivity (Wildman–Crippen MR) is 80.9 cm³/mol. The van der Waals surface area contributed by atoms with Crippen LogP contribution in [-0.2, 0) is 9.59 Å². The molecular weight excluding hydrogens is 252 g/mol. The fourth-order valence-electron chi connectivity index (χ4n) is 2.48. The summed E-state index contributed by atoms with van der Waals surface area (Å²) in [5.74, 6) is 0.625. The zero-order valence-corrected chi connectivity index (χ0v) is 12.4. The lowest BCUT2D eigenvalue weighted by Crippen LogP contribution is -2.32. The van der Waals surface area contributed by atoms with Gasteiger partial charge < -0.3 is 9.80 Å². The summed E-state index contributed by atoms with van der Waals surface area (Å²) in [7, 11) is 0. The molecule has 1 aliphatic rings. The lowest BCUT2D eigenvalue weighted by atomic mass is 10.1. The third kappa shape index (κ3) is 3.00. The number of nitrogens with zero attached hydrogens (tertiary/aromatic N) is 2. The molecule has 0 saturated carbocycles. The van der Waals surface area contributed by atoms with Crippen LogP contribution in [0.1, 0.15) is 33.6 Å². The molecule has 0 fully saturated rings. The Morgan fingerprint density at radius 2 is 1.90 bits per heavy atom. The number of rotatable bonds is 3. The summed E-state index contributed by atoms with van der Waals surface area (Å²) in [6.45, 7) is 7.01. The number of carbonyl (C=O) groups is 2. The second-order valence-corrected chi connectivity index (χ2v) is 5.64. The monoisotopic (exact) mass is 274 g/mol. The summed E-state index contributed by atoms with van der Waals surface area (Å²) in [6, 6.07) is 7.66. The van der Waals surface area contributed by atoms with Crippen molar-refractivity contribution < 1.29 is 9.59 Å².